The van der Waals surface area contributed by atoms with Crippen molar-refractivity contribution < 1.29 is 9.53 Å². The van der Waals surface area contributed by atoms with E-state index in [1.165, 1.54) is 11.1 Å². The van der Waals surface area contributed by atoms with Gasteiger partial charge in [0.05, 0.1) is 0 Å². The normalized spacial score (nSPS) is 20.8. The first-order valence-electron chi connectivity index (χ1n) is 8.51. The third-order valence-electron chi connectivity index (χ3n) is 5.33. The lowest BCUT2D eigenvalue weighted by Crippen LogP contribution is -2.41. The largest absolute Gasteiger partial charge is 0.492 e. The van der Waals surface area contributed by atoms with E-state index in [1.54, 1.807) is 6.33 Å². The number of hydrogen-bond acceptors (Lipinski definition) is 4. The van der Waals surface area contributed by atoms with E-state index in [0.717, 1.165) is 43.1 Å². The molecule has 0 saturated carbocycles. The molecule has 6 heteroatoms. The van der Waals surface area contributed by atoms with Gasteiger partial charge in [-0.15, -0.1) is 0 Å². The van der Waals surface area contributed by atoms with E-state index in [1.807, 2.05) is 11.0 Å². The topological polar surface area (TPSA) is 71.1 Å². The molecule has 0 radical (unpaired) electrons. The Kier molecular flexibility index (Phi) is 3.75. The van der Waals surface area contributed by atoms with E-state index in [2.05, 4.69) is 35.1 Å². The maximum atomic E-state index is 13.0. The number of aromatic nitrogens is 3. The van der Waals surface area contributed by atoms with E-state index in [0.29, 0.717) is 12.5 Å². The zero-order valence-electron chi connectivity index (χ0n) is 14.1. The number of carbonyl (C=O) groups excluding carboxylic acids is 1. The van der Waals surface area contributed by atoms with Crippen LogP contribution in [-0.4, -0.2) is 45.7 Å². The summed E-state index contributed by atoms with van der Waals surface area (Å²) in [5.41, 5.74) is 3.45. The molecule has 126 valence electrons. The van der Waals surface area contributed by atoms with Gasteiger partial charge in [0.2, 0.25) is 5.91 Å². The van der Waals surface area contributed by atoms with Crippen molar-refractivity contribution in [2.75, 3.05) is 19.7 Å². The number of piperidine rings is 1. The predicted octanol–water partition coefficient (Wildman–Crippen LogP) is 2.30. The van der Waals surface area contributed by atoms with Crippen LogP contribution in [0.3, 0.4) is 0 Å². The van der Waals surface area contributed by atoms with Gasteiger partial charge >= 0.3 is 0 Å². The highest BCUT2D eigenvalue weighted by Gasteiger charge is 2.35. The summed E-state index contributed by atoms with van der Waals surface area (Å²) >= 11 is 0. The number of nitrogens with one attached hydrogen (secondary N) is 1. The first-order valence-corrected chi connectivity index (χ1v) is 8.51. The monoisotopic (exact) mass is 326 g/mol. The Labute approximate surface area is 141 Å². The molecule has 1 fully saturated rings. The Morgan fingerprint density at radius 3 is 2.71 bits per heavy atom. The second kappa shape index (κ2) is 5.92. The fraction of sp³-hybridized carbons (Fsp3) is 0.500. The van der Waals surface area contributed by atoms with Crippen LogP contribution in [0.1, 0.15) is 47.2 Å². The number of aryl methyl sites for hydroxylation is 2. The van der Waals surface area contributed by atoms with Gasteiger partial charge in [0.1, 0.15) is 30.4 Å². The molecule has 1 aromatic heterocycles. The van der Waals surface area contributed by atoms with Crippen LogP contribution in [0, 0.1) is 13.8 Å². The molecule has 0 spiro atoms. The van der Waals surface area contributed by atoms with Gasteiger partial charge in [0.15, 0.2) is 0 Å². The van der Waals surface area contributed by atoms with E-state index in [9.17, 15) is 4.79 Å². The van der Waals surface area contributed by atoms with Crippen LogP contribution >= 0.6 is 0 Å². The minimum Gasteiger partial charge on any atom is -0.492 e. The number of ether oxygens (including phenoxy) is 1. The molecule has 2 aromatic rings. The van der Waals surface area contributed by atoms with Crippen LogP contribution < -0.4 is 4.74 Å². The summed E-state index contributed by atoms with van der Waals surface area (Å²) in [6.45, 7) is 6.14. The van der Waals surface area contributed by atoms with Crippen molar-refractivity contribution in [3.05, 3.63) is 41.0 Å². The minimum absolute atomic E-state index is 0.166. The van der Waals surface area contributed by atoms with E-state index >= 15 is 0 Å². The van der Waals surface area contributed by atoms with Crippen LogP contribution in [0.4, 0.5) is 0 Å². The first kappa shape index (κ1) is 15.2. The van der Waals surface area contributed by atoms with Crippen molar-refractivity contribution in [1.82, 2.24) is 20.1 Å². The maximum absolute atomic E-state index is 13.0. The summed E-state index contributed by atoms with van der Waals surface area (Å²) < 4.78 is 5.77. The van der Waals surface area contributed by atoms with Crippen molar-refractivity contribution in [3.63, 3.8) is 0 Å². The lowest BCUT2D eigenvalue weighted by atomic mass is 9.92. The highest BCUT2D eigenvalue weighted by molar-refractivity contribution is 5.86. The van der Waals surface area contributed by atoms with Crippen molar-refractivity contribution in [3.8, 4) is 5.75 Å². The highest BCUT2D eigenvalue weighted by atomic mass is 16.5. The van der Waals surface area contributed by atoms with Gasteiger partial charge in [-0.05, 0) is 43.9 Å². The fourth-order valence-electron chi connectivity index (χ4n) is 3.68. The molecule has 1 amide bonds. The SMILES string of the molecule is Cc1cc2c(cc1C)C(C(=O)N1CCC(c3ncn[nH]3)CC1)CO2. The Bertz CT molecular complexity index is 749. The molecule has 1 atom stereocenters. The number of rotatable bonds is 2. The van der Waals surface area contributed by atoms with Crippen LogP contribution in [0.25, 0.3) is 0 Å². The number of H-pyrrole nitrogens is 1. The molecule has 3 heterocycles. The molecule has 1 aromatic carbocycles. The lowest BCUT2D eigenvalue weighted by molar-refractivity contribution is -0.134. The van der Waals surface area contributed by atoms with Crippen molar-refractivity contribution in [2.45, 2.75) is 38.5 Å². The van der Waals surface area contributed by atoms with Gasteiger partial charge in [0.25, 0.3) is 0 Å². The number of carbonyl (C=O) groups is 1. The smallest absolute Gasteiger partial charge is 0.233 e. The fourth-order valence-corrected chi connectivity index (χ4v) is 3.68. The molecular formula is C18H22N4O2. The van der Waals surface area contributed by atoms with E-state index in [-0.39, 0.29) is 11.8 Å². The second-order valence-corrected chi connectivity index (χ2v) is 6.81. The van der Waals surface area contributed by atoms with Crippen LogP contribution in [0.2, 0.25) is 0 Å². The summed E-state index contributed by atoms with van der Waals surface area (Å²) in [6.07, 6.45) is 3.40. The van der Waals surface area contributed by atoms with E-state index < -0.39 is 0 Å². The zero-order chi connectivity index (χ0) is 16.7. The Morgan fingerprint density at radius 1 is 1.25 bits per heavy atom. The van der Waals surface area contributed by atoms with E-state index in [4.69, 9.17) is 4.74 Å². The number of benzene rings is 1. The average molecular weight is 326 g/mol. The minimum atomic E-state index is -0.166. The van der Waals surface area contributed by atoms with Crippen LogP contribution in [-0.2, 0) is 4.79 Å². The maximum Gasteiger partial charge on any atom is 0.233 e. The molecular weight excluding hydrogens is 304 g/mol. The van der Waals surface area contributed by atoms with Crippen LogP contribution in [0.15, 0.2) is 18.5 Å². The molecule has 24 heavy (non-hydrogen) atoms. The van der Waals surface area contributed by atoms with Gasteiger partial charge in [-0.25, -0.2) is 4.98 Å². The average Bonchev–Trinajstić information content (AvgIpc) is 3.25. The van der Waals surface area contributed by atoms with Gasteiger partial charge in [-0.2, -0.15) is 5.10 Å². The molecule has 2 aliphatic rings. The molecule has 4 rings (SSSR count). The highest BCUT2D eigenvalue weighted by Crippen LogP contribution is 2.38. The number of hydrogen-bond donors (Lipinski definition) is 1. The summed E-state index contributed by atoms with van der Waals surface area (Å²) in [6, 6.07) is 4.16. The zero-order valence-corrected chi connectivity index (χ0v) is 14.1. The molecule has 1 N–H and O–H groups in total. The van der Waals surface area contributed by atoms with Crippen molar-refractivity contribution in [2.24, 2.45) is 0 Å². The van der Waals surface area contributed by atoms with Crippen molar-refractivity contribution in [1.29, 1.82) is 0 Å². The number of fused-ring (bicyclic) bond motifs is 1. The first-order chi connectivity index (χ1) is 11.6. The molecule has 2 aliphatic heterocycles. The third kappa shape index (κ3) is 2.56. The standard InChI is InChI=1S/C18H22N4O2/c1-11-7-14-15(9-24-16(14)8-12(11)2)18(23)22-5-3-13(4-6-22)17-19-10-20-21-17/h7-8,10,13,15H,3-6,9H2,1-2H3,(H,19,20,21). The number of nitrogens with zero attached hydrogens (tertiary/aromatic N) is 3. The Morgan fingerprint density at radius 2 is 2.00 bits per heavy atom. The number of likely N-dealkylation sites (tertiary alicyclic amines) is 1. The van der Waals surface area contributed by atoms with Gasteiger partial charge in [-0.1, -0.05) is 6.07 Å². The van der Waals surface area contributed by atoms with Gasteiger partial charge in [-0.3, -0.25) is 9.89 Å². The van der Waals surface area contributed by atoms with Gasteiger partial charge < -0.3 is 9.64 Å². The summed E-state index contributed by atoms with van der Waals surface area (Å²) in [5.74, 6) is 2.19. The summed E-state index contributed by atoms with van der Waals surface area (Å²) in [7, 11) is 0. The molecule has 1 saturated heterocycles. The molecule has 6 nitrogen and oxygen atoms in total. The number of aromatic amines is 1. The summed E-state index contributed by atoms with van der Waals surface area (Å²) in [5, 5.41) is 6.87. The van der Waals surface area contributed by atoms with Crippen molar-refractivity contribution >= 4 is 5.91 Å². The molecule has 0 bridgehead atoms. The van der Waals surface area contributed by atoms with Crippen LogP contribution in [0.5, 0.6) is 5.75 Å². The molecule has 1 unspecified atom stereocenters. The quantitative estimate of drug-likeness (QED) is 0.919. The predicted molar refractivity (Wildman–Crippen MR) is 89.1 cm³/mol. The van der Waals surface area contributed by atoms with Gasteiger partial charge in [0, 0.05) is 24.6 Å². The molecule has 0 aliphatic carbocycles. The summed E-state index contributed by atoms with van der Waals surface area (Å²) in [4.78, 5) is 19.2. The second-order valence-electron chi connectivity index (χ2n) is 6.81. The third-order valence-corrected chi connectivity index (χ3v) is 5.33. The Balaban J connectivity index is 1.46. The number of amides is 1. The lowest BCUT2D eigenvalue weighted by Gasteiger charge is -2.32. The Hall–Kier alpha value is -2.37.